The lowest BCUT2D eigenvalue weighted by atomic mass is 10.2. The maximum Gasteiger partial charge on any atom is 0.216 e. The highest BCUT2D eigenvalue weighted by Crippen LogP contribution is 2.14. The summed E-state index contributed by atoms with van der Waals surface area (Å²) in [7, 11) is 0. The zero-order valence-corrected chi connectivity index (χ0v) is 9.48. The van der Waals surface area contributed by atoms with Gasteiger partial charge < -0.3 is 5.32 Å². The molecule has 0 spiro atoms. The Bertz CT molecular complexity index is 591. The zero-order chi connectivity index (χ0) is 13.0. The second-order valence-electron chi connectivity index (χ2n) is 3.57. The highest BCUT2D eigenvalue weighted by molar-refractivity contribution is 5.74. The van der Waals surface area contributed by atoms with Gasteiger partial charge in [-0.3, -0.25) is 0 Å². The van der Waals surface area contributed by atoms with Crippen molar-refractivity contribution in [2.45, 2.75) is 6.92 Å². The van der Waals surface area contributed by atoms with Gasteiger partial charge in [-0.25, -0.2) is 4.39 Å². The maximum absolute atomic E-state index is 13.1. The van der Waals surface area contributed by atoms with Gasteiger partial charge in [-0.2, -0.15) is 10.5 Å². The summed E-state index contributed by atoms with van der Waals surface area (Å²) >= 11 is 0. The highest BCUT2D eigenvalue weighted by atomic mass is 19.1. The van der Waals surface area contributed by atoms with E-state index in [0.717, 1.165) is 5.56 Å². The third-order valence-electron chi connectivity index (χ3n) is 2.13. The second-order valence-corrected chi connectivity index (χ2v) is 3.57. The molecule has 0 saturated carbocycles. The lowest BCUT2D eigenvalue weighted by Gasteiger charge is -2.03. The van der Waals surface area contributed by atoms with Gasteiger partial charge in [0, 0.05) is 11.9 Å². The number of nitrogens with zero attached hydrogens (tertiary/aromatic N) is 4. The summed E-state index contributed by atoms with van der Waals surface area (Å²) in [4.78, 5) is 0. The van der Waals surface area contributed by atoms with Crippen LogP contribution in [0, 0.1) is 24.1 Å². The van der Waals surface area contributed by atoms with Crippen molar-refractivity contribution in [2.24, 2.45) is 0 Å². The number of nitriles is 1. The Morgan fingerprint density at radius 1 is 1.50 bits per heavy atom. The minimum Gasteiger partial charge on any atom is -0.360 e. The number of anilines is 1. The lowest BCUT2D eigenvalue weighted by molar-refractivity contribution is 0.627. The highest BCUT2D eigenvalue weighted by Gasteiger charge is 2.05. The van der Waals surface area contributed by atoms with Crippen LogP contribution in [-0.4, -0.2) is 20.6 Å². The summed E-state index contributed by atoms with van der Waals surface area (Å²) in [6.07, 6.45) is 1.40. The fourth-order valence-electron chi connectivity index (χ4n) is 1.40. The third-order valence-corrected chi connectivity index (χ3v) is 2.13. The first-order valence-corrected chi connectivity index (χ1v) is 5.07. The van der Waals surface area contributed by atoms with Gasteiger partial charge in [-0.1, -0.05) is 0 Å². The van der Waals surface area contributed by atoms with E-state index in [4.69, 9.17) is 5.26 Å². The van der Waals surface area contributed by atoms with E-state index in [1.165, 1.54) is 18.3 Å². The molecule has 2 rings (SSSR count). The molecule has 0 unspecified atom stereocenters. The van der Waals surface area contributed by atoms with Gasteiger partial charge in [0.05, 0.1) is 0 Å². The van der Waals surface area contributed by atoms with E-state index < -0.39 is 0 Å². The Kier molecular flexibility index (Phi) is 3.29. The summed E-state index contributed by atoms with van der Waals surface area (Å²) in [6.45, 7) is 1.78. The van der Waals surface area contributed by atoms with E-state index in [2.05, 4.69) is 25.9 Å². The number of H-pyrrole nitrogens is 1. The molecule has 0 bridgehead atoms. The molecule has 1 aromatic heterocycles. The SMILES string of the molecule is Cc1cc(F)cc(NC=C(C#N)c2nn[nH]n2)c1. The molecular weight excluding hydrogens is 235 g/mol. The van der Waals surface area contributed by atoms with E-state index in [1.54, 1.807) is 13.0 Å². The van der Waals surface area contributed by atoms with Crippen molar-refractivity contribution < 1.29 is 4.39 Å². The number of aryl methyl sites for hydroxylation is 1. The Hall–Kier alpha value is -2.75. The topological polar surface area (TPSA) is 90.3 Å². The Morgan fingerprint density at radius 2 is 2.33 bits per heavy atom. The van der Waals surface area contributed by atoms with Crippen LogP contribution in [0.5, 0.6) is 0 Å². The van der Waals surface area contributed by atoms with Gasteiger partial charge >= 0.3 is 0 Å². The molecule has 7 heteroatoms. The fourth-order valence-corrected chi connectivity index (χ4v) is 1.40. The van der Waals surface area contributed by atoms with Crippen molar-refractivity contribution in [3.63, 3.8) is 0 Å². The average Bonchev–Trinajstić information content (AvgIpc) is 2.82. The summed E-state index contributed by atoms with van der Waals surface area (Å²) in [5.74, 6) is -0.165. The molecule has 0 amide bonds. The standard InChI is InChI=1S/C11H9FN6/c1-7-2-9(12)4-10(3-7)14-6-8(5-13)11-15-17-18-16-11/h2-4,6,14H,1H3,(H,15,16,17,18). The van der Waals surface area contributed by atoms with E-state index >= 15 is 0 Å². The number of benzene rings is 1. The van der Waals surface area contributed by atoms with Crippen LogP contribution in [-0.2, 0) is 0 Å². The summed E-state index contributed by atoms with van der Waals surface area (Å²) in [5.41, 5.74) is 1.53. The van der Waals surface area contributed by atoms with Crippen molar-refractivity contribution in [1.29, 1.82) is 5.26 Å². The minimum atomic E-state index is -0.344. The number of hydrogen-bond donors (Lipinski definition) is 2. The first-order valence-electron chi connectivity index (χ1n) is 5.07. The number of halogens is 1. The van der Waals surface area contributed by atoms with Crippen LogP contribution >= 0.6 is 0 Å². The van der Waals surface area contributed by atoms with E-state index in [1.807, 2.05) is 6.07 Å². The monoisotopic (exact) mass is 244 g/mol. The number of rotatable bonds is 3. The molecule has 1 heterocycles. The molecule has 0 fully saturated rings. The predicted octanol–water partition coefficient (Wildman–Crippen LogP) is 1.62. The average molecular weight is 244 g/mol. The normalized spacial score (nSPS) is 11.1. The van der Waals surface area contributed by atoms with Crippen molar-refractivity contribution in [2.75, 3.05) is 5.32 Å². The van der Waals surface area contributed by atoms with Crippen LogP contribution in [0.15, 0.2) is 24.4 Å². The van der Waals surface area contributed by atoms with Crippen molar-refractivity contribution in [3.05, 3.63) is 41.6 Å². The number of aromatic amines is 1. The number of tetrazole rings is 1. The largest absolute Gasteiger partial charge is 0.360 e. The number of aromatic nitrogens is 4. The number of allylic oxidation sites excluding steroid dienone is 1. The smallest absolute Gasteiger partial charge is 0.216 e. The molecule has 90 valence electrons. The van der Waals surface area contributed by atoms with Crippen LogP contribution in [0.3, 0.4) is 0 Å². The van der Waals surface area contributed by atoms with Gasteiger partial charge in [-0.15, -0.1) is 10.2 Å². The van der Waals surface area contributed by atoms with E-state index in [-0.39, 0.29) is 17.2 Å². The lowest BCUT2D eigenvalue weighted by Crippen LogP contribution is -1.94. The first-order chi connectivity index (χ1) is 8.69. The van der Waals surface area contributed by atoms with Crippen LogP contribution in [0.4, 0.5) is 10.1 Å². The van der Waals surface area contributed by atoms with Crippen LogP contribution in [0.1, 0.15) is 11.4 Å². The van der Waals surface area contributed by atoms with E-state index in [9.17, 15) is 4.39 Å². The second kappa shape index (κ2) is 5.05. The zero-order valence-electron chi connectivity index (χ0n) is 9.48. The molecule has 0 radical (unpaired) electrons. The molecule has 1 aromatic carbocycles. The first kappa shape index (κ1) is 11.7. The van der Waals surface area contributed by atoms with Gasteiger partial charge in [0.15, 0.2) is 0 Å². The Morgan fingerprint density at radius 3 is 2.94 bits per heavy atom. The van der Waals surface area contributed by atoms with Crippen molar-refractivity contribution >= 4 is 11.3 Å². The van der Waals surface area contributed by atoms with Crippen LogP contribution in [0.2, 0.25) is 0 Å². The van der Waals surface area contributed by atoms with Gasteiger partial charge in [0.25, 0.3) is 0 Å². The van der Waals surface area contributed by atoms with Gasteiger partial charge in [0.1, 0.15) is 17.5 Å². The molecule has 6 nitrogen and oxygen atoms in total. The van der Waals surface area contributed by atoms with Crippen molar-refractivity contribution in [1.82, 2.24) is 20.6 Å². The minimum absolute atomic E-state index is 0.179. The number of nitrogens with one attached hydrogen (secondary N) is 2. The molecule has 2 aromatic rings. The third kappa shape index (κ3) is 2.68. The molecule has 0 saturated heterocycles. The maximum atomic E-state index is 13.1. The van der Waals surface area contributed by atoms with Gasteiger partial charge in [0.2, 0.25) is 5.82 Å². The van der Waals surface area contributed by atoms with Gasteiger partial charge in [-0.05, 0) is 35.9 Å². The van der Waals surface area contributed by atoms with E-state index in [0.29, 0.717) is 5.69 Å². The molecule has 18 heavy (non-hydrogen) atoms. The molecule has 0 aliphatic rings. The summed E-state index contributed by atoms with van der Waals surface area (Å²) in [6, 6.07) is 6.42. The molecule has 2 N–H and O–H groups in total. The molecule has 0 aliphatic carbocycles. The Labute approximate surface area is 102 Å². The van der Waals surface area contributed by atoms with Crippen LogP contribution < -0.4 is 5.32 Å². The van der Waals surface area contributed by atoms with Crippen molar-refractivity contribution in [3.8, 4) is 6.07 Å². The number of hydrogen-bond acceptors (Lipinski definition) is 5. The predicted molar refractivity (Wildman–Crippen MR) is 62.5 cm³/mol. The fraction of sp³-hybridized carbons (Fsp3) is 0.0909. The van der Waals surface area contributed by atoms with Crippen LogP contribution in [0.25, 0.3) is 5.57 Å². The molecular formula is C11H9FN6. The summed E-state index contributed by atoms with van der Waals surface area (Å²) < 4.78 is 13.1. The molecule has 0 aliphatic heterocycles. The quantitative estimate of drug-likeness (QED) is 0.801. The Balaban J connectivity index is 2.21. The molecule has 0 atom stereocenters. The summed E-state index contributed by atoms with van der Waals surface area (Å²) in [5, 5.41) is 24.7.